The summed E-state index contributed by atoms with van der Waals surface area (Å²) >= 11 is 0. The van der Waals surface area contributed by atoms with Crippen LogP contribution in [-0.4, -0.2) is 42.3 Å². The molecule has 0 N–H and O–H groups in total. The quantitative estimate of drug-likeness (QED) is 0.612. The molecule has 134 valence electrons. The summed E-state index contributed by atoms with van der Waals surface area (Å²) in [7, 11) is 0. The van der Waals surface area contributed by atoms with E-state index >= 15 is 0 Å². The van der Waals surface area contributed by atoms with Crippen LogP contribution in [0.2, 0.25) is 0 Å². The van der Waals surface area contributed by atoms with Gasteiger partial charge < -0.3 is 4.90 Å². The number of hydrogen-bond donors (Lipinski definition) is 0. The van der Waals surface area contributed by atoms with Crippen molar-refractivity contribution in [2.45, 2.75) is 18.6 Å². The first-order valence-electron chi connectivity index (χ1n) is 7.01. The Kier molecular flexibility index (Phi) is 4.70. The van der Waals surface area contributed by atoms with Crippen LogP contribution in [0.4, 0.5) is 32.4 Å². The molecule has 1 aromatic carbocycles. The van der Waals surface area contributed by atoms with Crippen molar-refractivity contribution in [1.29, 1.82) is 5.26 Å². The van der Waals surface area contributed by atoms with Gasteiger partial charge in [-0.1, -0.05) is 0 Å². The second kappa shape index (κ2) is 6.31. The molecule has 1 fully saturated rings. The lowest BCUT2D eigenvalue weighted by atomic mass is 10.0. The maximum Gasteiger partial charge on any atom is 0.417 e. The molecule has 1 atom stereocenters. The molecule has 10 heteroatoms. The highest BCUT2D eigenvalue weighted by atomic mass is 19.4. The van der Waals surface area contributed by atoms with Crippen molar-refractivity contribution in [2.24, 2.45) is 0 Å². The molecule has 1 unspecified atom stereocenters. The molecule has 0 bridgehead atoms. The number of nitrogens with zero attached hydrogens (tertiary/aromatic N) is 3. The first-order valence-corrected chi connectivity index (χ1v) is 7.01. The van der Waals surface area contributed by atoms with Crippen LogP contribution in [0.15, 0.2) is 18.2 Å². The van der Waals surface area contributed by atoms with Crippen LogP contribution >= 0.6 is 0 Å². The van der Waals surface area contributed by atoms with Gasteiger partial charge in [0.1, 0.15) is 18.9 Å². The summed E-state index contributed by atoms with van der Waals surface area (Å²) in [5.74, 6) is -1.11. The molecular weight excluding hydrogens is 349 g/mol. The van der Waals surface area contributed by atoms with Gasteiger partial charge in [-0.25, -0.2) is 18.5 Å². The van der Waals surface area contributed by atoms with E-state index in [-0.39, 0.29) is 0 Å². The fourth-order valence-corrected chi connectivity index (χ4v) is 2.56. The summed E-state index contributed by atoms with van der Waals surface area (Å²) in [6.45, 7) is -1.89. The Labute approximate surface area is 139 Å². The summed E-state index contributed by atoms with van der Waals surface area (Å²) in [4.78, 5) is 25.8. The molecule has 3 amide bonds. The number of halogens is 5. The minimum Gasteiger partial charge on any atom is -0.304 e. The van der Waals surface area contributed by atoms with E-state index in [2.05, 4.69) is 0 Å². The Morgan fingerprint density at radius 1 is 1.24 bits per heavy atom. The van der Waals surface area contributed by atoms with Crippen molar-refractivity contribution < 1.29 is 31.5 Å². The van der Waals surface area contributed by atoms with Crippen LogP contribution < -0.4 is 4.90 Å². The molecule has 0 aliphatic carbocycles. The minimum absolute atomic E-state index is 0.367. The fourth-order valence-electron chi connectivity index (χ4n) is 2.56. The van der Waals surface area contributed by atoms with Crippen molar-refractivity contribution in [3.8, 4) is 6.07 Å². The summed E-state index contributed by atoms with van der Waals surface area (Å²) in [5.41, 5.74) is -4.50. The second-order valence-corrected chi connectivity index (χ2v) is 5.51. The molecule has 1 aromatic rings. The van der Waals surface area contributed by atoms with Crippen LogP contribution in [0.5, 0.6) is 0 Å². The molecule has 25 heavy (non-hydrogen) atoms. The topological polar surface area (TPSA) is 64.4 Å². The van der Waals surface area contributed by atoms with Gasteiger partial charge in [-0.15, -0.1) is 0 Å². The molecule has 0 spiro atoms. The second-order valence-electron chi connectivity index (χ2n) is 5.51. The predicted octanol–water partition coefficient (Wildman–Crippen LogP) is 3.04. The number of carbonyl (C=O) groups is 2. The zero-order chi connectivity index (χ0) is 19.0. The predicted molar refractivity (Wildman–Crippen MR) is 76.1 cm³/mol. The number of carbonyl (C=O) groups excluding carboxylic acids is 2. The molecule has 0 radical (unpaired) electrons. The average Bonchev–Trinajstić information content (AvgIpc) is 2.75. The van der Waals surface area contributed by atoms with E-state index < -0.39 is 60.4 Å². The molecule has 2 rings (SSSR count). The first kappa shape index (κ1) is 18.6. The van der Waals surface area contributed by atoms with Crippen LogP contribution in [0, 0.1) is 11.3 Å². The van der Waals surface area contributed by atoms with Crippen LogP contribution in [0.1, 0.15) is 18.1 Å². The van der Waals surface area contributed by atoms with E-state index in [1.54, 1.807) is 0 Å². The van der Waals surface area contributed by atoms with Crippen LogP contribution in [0.3, 0.4) is 0 Å². The molecule has 0 saturated carbocycles. The fraction of sp³-hybridized carbons (Fsp3) is 0.400. The lowest BCUT2D eigenvalue weighted by molar-refractivity contribution is -0.137. The van der Waals surface area contributed by atoms with Crippen molar-refractivity contribution in [3.05, 3.63) is 29.3 Å². The Hall–Kier alpha value is -2.70. The number of benzene rings is 1. The standard InChI is InChI=1S/C15H12F5N3O2/c1-14(8-17)12(24)23(13(25)22(14)5-4-16)10-3-2-9(7-21)11(6-10)15(18,19)20/h2-3,6H,4-5,8H2,1H3. The van der Waals surface area contributed by atoms with E-state index in [1.165, 1.54) is 6.07 Å². The molecule has 1 aliphatic heterocycles. The summed E-state index contributed by atoms with van der Waals surface area (Å²) in [6.07, 6.45) is -4.89. The maximum atomic E-state index is 13.4. The van der Waals surface area contributed by atoms with Gasteiger partial charge in [-0.05, 0) is 25.1 Å². The highest BCUT2D eigenvalue weighted by Crippen LogP contribution is 2.37. The smallest absolute Gasteiger partial charge is 0.304 e. The van der Waals surface area contributed by atoms with Crippen molar-refractivity contribution in [1.82, 2.24) is 4.90 Å². The number of alkyl halides is 5. The SMILES string of the molecule is CC1(CF)C(=O)N(c2ccc(C#N)c(C(F)(F)F)c2)C(=O)N1CCF. The van der Waals surface area contributed by atoms with E-state index in [0.29, 0.717) is 15.9 Å². The third kappa shape index (κ3) is 2.90. The van der Waals surface area contributed by atoms with E-state index in [4.69, 9.17) is 5.26 Å². The van der Waals surface area contributed by atoms with E-state index in [9.17, 15) is 31.5 Å². The van der Waals surface area contributed by atoms with Gasteiger partial charge in [-0.3, -0.25) is 4.79 Å². The van der Waals surface area contributed by atoms with Crippen molar-refractivity contribution in [3.63, 3.8) is 0 Å². The van der Waals surface area contributed by atoms with Gasteiger partial charge >= 0.3 is 12.2 Å². The van der Waals surface area contributed by atoms with E-state index in [0.717, 1.165) is 19.1 Å². The number of imide groups is 1. The highest BCUT2D eigenvalue weighted by Gasteiger charge is 2.55. The maximum absolute atomic E-state index is 13.4. The van der Waals surface area contributed by atoms with Crippen molar-refractivity contribution >= 4 is 17.6 Å². The molecule has 5 nitrogen and oxygen atoms in total. The molecule has 0 aromatic heterocycles. The highest BCUT2D eigenvalue weighted by molar-refractivity contribution is 6.23. The number of hydrogen-bond acceptors (Lipinski definition) is 3. The van der Waals surface area contributed by atoms with Crippen LogP contribution in [-0.2, 0) is 11.0 Å². The van der Waals surface area contributed by atoms with Gasteiger partial charge in [0.2, 0.25) is 0 Å². The number of rotatable bonds is 4. The number of urea groups is 1. The average molecular weight is 361 g/mol. The van der Waals surface area contributed by atoms with E-state index in [1.807, 2.05) is 0 Å². The van der Waals surface area contributed by atoms with Gasteiger partial charge in [0.25, 0.3) is 5.91 Å². The first-order chi connectivity index (χ1) is 11.6. The van der Waals surface area contributed by atoms with Gasteiger partial charge in [-0.2, -0.15) is 18.4 Å². The van der Waals surface area contributed by atoms with Gasteiger partial charge in [0, 0.05) is 0 Å². The Balaban J connectivity index is 2.57. The minimum atomic E-state index is -4.89. The van der Waals surface area contributed by atoms with Crippen molar-refractivity contribution in [2.75, 3.05) is 24.8 Å². The third-order valence-corrected chi connectivity index (χ3v) is 3.94. The number of amides is 3. The molecule has 1 aliphatic rings. The lowest BCUT2D eigenvalue weighted by Crippen LogP contribution is -2.49. The van der Waals surface area contributed by atoms with Gasteiger partial charge in [0.15, 0.2) is 0 Å². The Morgan fingerprint density at radius 3 is 2.36 bits per heavy atom. The normalized spacial score (nSPS) is 21.0. The number of nitriles is 1. The summed E-state index contributed by atoms with van der Waals surface area (Å²) < 4.78 is 65.2. The molecule has 1 heterocycles. The third-order valence-electron chi connectivity index (χ3n) is 3.94. The zero-order valence-electron chi connectivity index (χ0n) is 12.9. The molecular formula is C15H12F5N3O2. The summed E-state index contributed by atoms with van der Waals surface area (Å²) in [5, 5.41) is 8.78. The Morgan fingerprint density at radius 2 is 1.88 bits per heavy atom. The lowest BCUT2D eigenvalue weighted by Gasteiger charge is -2.27. The Bertz CT molecular complexity index is 759. The monoisotopic (exact) mass is 361 g/mol. The van der Waals surface area contributed by atoms with Gasteiger partial charge in [0.05, 0.1) is 29.4 Å². The van der Waals surface area contributed by atoms with Crippen LogP contribution in [0.25, 0.3) is 0 Å². The zero-order valence-corrected chi connectivity index (χ0v) is 12.9. The number of anilines is 1. The summed E-state index contributed by atoms with van der Waals surface area (Å²) in [6, 6.07) is 2.49. The largest absolute Gasteiger partial charge is 0.417 e. The molecule has 1 saturated heterocycles.